The minimum Gasteiger partial charge on any atom is -0.391 e. The lowest BCUT2D eigenvalue weighted by molar-refractivity contribution is 0.0958. The number of nitrogens with two attached hydrogens (primary N) is 1. The van der Waals surface area contributed by atoms with Crippen molar-refractivity contribution in [3.05, 3.63) is 33.5 Å². The van der Waals surface area contributed by atoms with Crippen LogP contribution in [0.4, 0.5) is 5.00 Å². The SMILES string of the molecule is Cc1noc2c1C(=O)c1sc(N)cc1C2=O. The van der Waals surface area contributed by atoms with E-state index in [4.69, 9.17) is 10.3 Å². The molecular formula is C10H6N2O3S. The van der Waals surface area contributed by atoms with E-state index in [2.05, 4.69) is 5.16 Å². The van der Waals surface area contributed by atoms with Crippen LogP contribution in [0.5, 0.6) is 0 Å². The topological polar surface area (TPSA) is 86.2 Å². The lowest BCUT2D eigenvalue weighted by atomic mass is 9.94. The van der Waals surface area contributed by atoms with E-state index in [-0.39, 0.29) is 22.9 Å². The molecule has 0 saturated heterocycles. The van der Waals surface area contributed by atoms with Crippen LogP contribution in [-0.2, 0) is 0 Å². The molecule has 0 aromatic carbocycles. The monoisotopic (exact) mass is 234 g/mol. The zero-order valence-electron chi connectivity index (χ0n) is 8.23. The number of rotatable bonds is 0. The number of thiophene rings is 1. The number of carbonyl (C=O) groups excluding carboxylic acids is 2. The summed E-state index contributed by atoms with van der Waals surface area (Å²) in [6.45, 7) is 1.63. The van der Waals surface area contributed by atoms with Gasteiger partial charge in [-0.1, -0.05) is 5.16 Å². The summed E-state index contributed by atoms with van der Waals surface area (Å²) in [5.74, 6) is -0.531. The van der Waals surface area contributed by atoms with Crippen LogP contribution in [-0.4, -0.2) is 16.7 Å². The predicted octanol–water partition coefficient (Wildman–Crippen LogP) is 1.40. The first-order valence-electron chi connectivity index (χ1n) is 4.54. The summed E-state index contributed by atoms with van der Waals surface area (Å²) in [6.07, 6.45) is 0. The highest BCUT2D eigenvalue weighted by molar-refractivity contribution is 7.18. The van der Waals surface area contributed by atoms with E-state index in [1.807, 2.05) is 0 Å². The highest BCUT2D eigenvalue weighted by Crippen LogP contribution is 2.35. The van der Waals surface area contributed by atoms with Gasteiger partial charge in [0.1, 0.15) is 0 Å². The molecule has 1 aliphatic carbocycles. The summed E-state index contributed by atoms with van der Waals surface area (Å²) in [5.41, 5.74) is 6.61. The molecule has 0 fully saturated rings. The average Bonchev–Trinajstić information content (AvgIpc) is 2.79. The van der Waals surface area contributed by atoms with Gasteiger partial charge < -0.3 is 10.3 Å². The normalized spacial score (nSPS) is 13.8. The Kier molecular flexibility index (Phi) is 1.62. The quantitative estimate of drug-likeness (QED) is 0.635. The number of aryl methyl sites for hydroxylation is 1. The maximum absolute atomic E-state index is 12.1. The number of ketones is 2. The summed E-state index contributed by atoms with van der Waals surface area (Å²) >= 11 is 1.12. The molecule has 0 atom stereocenters. The third-order valence-electron chi connectivity index (χ3n) is 2.50. The summed E-state index contributed by atoms with van der Waals surface area (Å²) in [7, 11) is 0. The molecule has 16 heavy (non-hydrogen) atoms. The zero-order chi connectivity index (χ0) is 11.4. The van der Waals surface area contributed by atoms with Crippen molar-refractivity contribution >= 4 is 27.9 Å². The van der Waals surface area contributed by atoms with Crippen LogP contribution >= 0.6 is 11.3 Å². The Morgan fingerprint density at radius 2 is 2.12 bits per heavy atom. The molecule has 0 radical (unpaired) electrons. The number of aromatic nitrogens is 1. The fourth-order valence-corrected chi connectivity index (χ4v) is 2.64. The van der Waals surface area contributed by atoms with Gasteiger partial charge in [0.2, 0.25) is 17.3 Å². The molecule has 0 aliphatic heterocycles. The van der Waals surface area contributed by atoms with E-state index in [1.54, 1.807) is 6.92 Å². The molecule has 2 heterocycles. The van der Waals surface area contributed by atoms with Crippen molar-refractivity contribution in [1.82, 2.24) is 5.16 Å². The molecule has 0 bridgehead atoms. The van der Waals surface area contributed by atoms with Crippen molar-refractivity contribution in [3.63, 3.8) is 0 Å². The van der Waals surface area contributed by atoms with Gasteiger partial charge in [0.15, 0.2) is 0 Å². The van der Waals surface area contributed by atoms with Crippen LogP contribution in [0.25, 0.3) is 0 Å². The third kappa shape index (κ3) is 0.965. The number of fused-ring (bicyclic) bond motifs is 2. The first-order valence-corrected chi connectivity index (χ1v) is 5.36. The van der Waals surface area contributed by atoms with Crippen LogP contribution < -0.4 is 5.73 Å². The predicted molar refractivity (Wildman–Crippen MR) is 56.8 cm³/mol. The molecule has 2 aromatic heterocycles. The van der Waals surface area contributed by atoms with Gasteiger partial charge in [-0.15, -0.1) is 11.3 Å². The minimum absolute atomic E-state index is 0.0211. The first-order chi connectivity index (χ1) is 7.59. The van der Waals surface area contributed by atoms with Gasteiger partial charge in [-0.3, -0.25) is 9.59 Å². The van der Waals surface area contributed by atoms with Gasteiger partial charge in [-0.05, 0) is 13.0 Å². The Morgan fingerprint density at radius 1 is 1.38 bits per heavy atom. The van der Waals surface area contributed by atoms with E-state index in [9.17, 15) is 9.59 Å². The number of hydrogen-bond acceptors (Lipinski definition) is 6. The van der Waals surface area contributed by atoms with Gasteiger partial charge in [-0.2, -0.15) is 0 Å². The molecule has 6 heteroatoms. The van der Waals surface area contributed by atoms with Gasteiger partial charge in [0.25, 0.3) is 0 Å². The fraction of sp³-hybridized carbons (Fsp3) is 0.100. The summed E-state index contributed by atoms with van der Waals surface area (Å²) in [5, 5.41) is 4.09. The maximum Gasteiger partial charge on any atom is 0.233 e. The fourth-order valence-electron chi connectivity index (χ4n) is 1.78. The highest BCUT2D eigenvalue weighted by Gasteiger charge is 2.37. The molecule has 80 valence electrons. The second-order valence-corrected chi connectivity index (χ2v) is 4.61. The molecule has 5 nitrogen and oxygen atoms in total. The van der Waals surface area contributed by atoms with Crippen molar-refractivity contribution in [3.8, 4) is 0 Å². The number of nitrogen functional groups attached to an aromatic ring is 1. The second-order valence-electron chi connectivity index (χ2n) is 3.52. The van der Waals surface area contributed by atoms with Crippen LogP contribution in [0.15, 0.2) is 10.6 Å². The van der Waals surface area contributed by atoms with Crippen molar-refractivity contribution in [2.45, 2.75) is 6.92 Å². The maximum atomic E-state index is 12.1. The van der Waals surface area contributed by atoms with E-state index < -0.39 is 0 Å². The molecule has 3 rings (SSSR count). The lowest BCUT2D eigenvalue weighted by Crippen LogP contribution is -2.17. The van der Waals surface area contributed by atoms with Gasteiger partial charge >= 0.3 is 0 Å². The van der Waals surface area contributed by atoms with Crippen molar-refractivity contribution in [1.29, 1.82) is 0 Å². The largest absolute Gasteiger partial charge is 0.391 e. The molecule has 0 unspecified atom stereocenters. The lowest BCUT2D eigenvalue weighted by Gasteiger charge is -2.06. The number of hydrogen-bond donors (Lipinski definition) is 1. The summed E-state index contributed by atoms with van der Waals surface area (Å²) in [4.78, 5) is 24.4. The standard InChI is InChI=1S/C10H6N2O3S/c1-3-6-8(14)10-4(2-5(11)16-10)7(13)9(6)15-12-3/h2H,11H2,1H3. The molecule has 0 amide bonds. The summed E-state index contributed by atoms with van der Waals surface area (Å²) in [6, 6.07) is 1.50. The van der Waals surface area contributed by atoms with Gasteiger partial charge in [-0.25, -0.2) is 0 Å². The number of nitrogens with zero attached hydrogens (tertiary/aromatic N) is 1. The Hall–Kier alpha value is -1.95. The van der Waals surface area contributed by atoms with Crippen LogP contribution in [0.2, 0.25) is 0 Å². The molecule has 0 saturated carbocycles. The van der Waals surface area contributed by atoms with Crippen LogP contribution in [0.3, 0.4) is 0 Å². The molecular weight excluding hydrogens is 228 g/mol. The number of anilines is 1. The number of carbonyl (C=O) groups is 2. The molecule has 2 aromatic rings. The Bertz CT molecular complexity index is 635. The van der Waals surface area contributed by atoms with Crippen LogP contribution in [0.1, 0.15) is 37.0 Å². The van der Waals surface area contributed by atoms with E-state index in [0.717, 1.165) is 11.3 Å². The smallest absolute Gasteiger partial charge is 0.233 e. The van der Waals surface area contributed by atoms with Crippen molar-refractivity contribution in [2.24, 2.45) is 0 Å². The van der Waals surface area contributed by atoms with Gasteiger partial charge in [0.05, 0.1) is 26.7 Å². The zero-order valence-corrected chi connectivity index (χ0v) is 9.05. The Labute approximate surface area is 93.8 Å². The summed E-state index contributed by atoms with van der Waals surface area (Å²) < 4.78 is 4.88. The van der Waals surface area contributed by atoms with E-state index in [1.165, 1.54) is 6.07 Å². The van der Waals surface area contributed by atoms with Crippen molar-refractivity contribution < 1.29 is 14.1 Å². The van der Waals surface area contributed by atoms with E-state index in [0.29, 0.717) is 21.1 Å². The molecule has 2 N–H and O–H groups in total. The third-order valence-corrected chi connectivity index (χ3v) is 3.46. The molecule has 1 aliphatic rings. The van der Waals surface area contributed by atoms with Gasteiger partial charge in [0, 0.05) is 0 Å². The van der Waals surface area contributed by atoms with Crippen molar-refractivity contribution in [2.75, 3.05) is 5.73 Å². The highest BCUT2D eigenvalue weighted by atomic mass is 32.1. The van der Waals surface area contributed by atoms with E-state index >= 15 is 0 Å². The average molecular weight is 234 g/mol. The van der Waals surface area contributed by atoms with Crippen LogP contribution in [0, 0.1) is 6.92 Å². The molecule has 0 spiro atoms. The Balaban J connectivity index is 2.35. The Morgan fingerprint density at radius 3 is 2.88 bits per heavy atom. The second kappa shape index (κ2) is 2.79. The first kappa shape index (κ1) is 9.29. The minimum atomic E-state index is -0.321.